The molecule has 2 N–H and O–H groups in total. The van der Waals surface area contributed by atoms with Gasteiger partial charge in [-0.2, -0.15) is 0 Å². The van der Waals surface area contributed by atoms with Crippen molar-refractivity contribution in [2.75, 3.05) is 13.2 Å². The van der Waals surface area contributed by atoms with E-state index in [1.54, 1.807) is 18.4 Å². The van der Waals surface area contributed by atoms with Crippen LogP contribution >= 0.6 is 0 Å². The first-order valence-corrected chi connectivity index (χ1v) is 8.51. The first-order valence-electron chi connectivity index (χ1n) is 8.51. The molecule has 25 heavy (non-hydrogen) atoms. The van der Waals surface area contributed by atoms with Crippen LogP contribution < -0.4 is 5.73 Å². The van der Waals surface area contributed by atoms with Crippen molar-refractivity contribution in [3.63, 3.8) is 0 Å². The minimum atomic E-state index is -0.592. The topological polar surface area (TPSA) is 104 Å². The second-order valence-electron chi connectivity index (χ2n) is 6.60. The second kappa shape index (κ2) is 6.87. The molecular weight excluding hydrogens is 326 g/mol. The van der Waals surface area contributed by atoms with Gasteiger partial charge in [-0.3, -0.25) is 9.59 Å². The van der Waals surface area contributed by atoms with Crippen LogP contribution in [0.3, 0.4) is 0 Å². The zero-order chi connectivity index (χ0) is 18.1. The van der Waals surface area contributed by atoms with Crippen molar-refractivity contribution >= 4 is 17.8 Å². The van der Waals surface area contributed by atoms with E-state index in [1.165, 1.54) is 11.0 Å². The number of ether oxygens (including phenoxy) is 2. The van der Waals surface area contributed by atoms with Crippen LogP contribution in [0.5, 0.6) is 0 Å². The van der Waals surface area contributed by atoms with E-state index in [1.807, 2.05) is 0 Å². The van der Waals surface area contributed by atoms with Gasteiger partial charge in [0.05, 0.1) is 30.6 Å². The number of esters is 1. The Hall–Kier alpha value is -2.35. The quantitative estimate of drug-likeness (QED) is 0.805. The van der Waals surface area contributed by atoms with Gasteiger partial charge in [-0.15, -0.1) is 0 Å². The number of nitrogens with zero attached hydrogens (tertiary/aromatic N) is 2. The SMILES string of the molecule is CC(C)OC(=O)C1CCCN1C(=O)c1cc(C(N)=O)c2n1CCOC2. The Kier molecular flexibility index (Phi) is 4.80. The lowest BCUT2D eigenvalue weighted by Crippen LogP contribution is -2.43. The molecule has 1 atom stereocenters. The molecule has 1 unspecified atom stereocenters. The van der Waals surface area contributed by atoms with Crippen LogP contribution in [-0.2, 0) is 27.4 Å². The van der Waals surface area contributed by atoms with Crippen LogP contribution in [0, 0.1) is 0 Å². The molecule has 136 valence electrons. The van der Waals surface area contributed by atoms with Gasteiger partial charge in [-0.25, -0.2) is 4.79 Å². The summed E-state index contributed by atoms with van der Waals surface area (Å²) in [6, 6.07) is 0.926. The van der Waals surface area contributed by atoms with Crippen LogP contribution in [-0.4, -0.2) is 52.5 Å². The molecule has 0 aromatic carbocycles. The maximum atomic E-state index is 13.1. The predicted molar refractivity (Wildman–Crippen MR) is 87.9 cm³/mol. The lowest BCUT2D eigenvalue weighted by molar-refractivity contribution is -0.152. The summed E-state index contributed by atoms with van der Waals surface area (Å²) in [6.07, 6.45) is 1.09. The molecule has 1 saturated heterocycles. The van der Waals surface area contributed by atoms with E-state index in [4.69, 9.17) is 15.2 Å². The third-order valence-electron chi connectivity index (χ3n) is 4.53. The largest absolute Gasteiger partial charge is 0.461 e. The van der Waals surface area contributed by atoms with Crippen molar-refractivity contribution < 1.29 is 23.9 Å². The van der Waals surface area contributed by atoms with Crippen LogP contribution in [0.4, 0.5) is 0 Å². The van der Waals surface area contributed by atoms with Gasteiger partial charge < -0.3 is 24.7 Å². The number of primary amides is 1. The van der Waals surface area contributed by atoms with Crippen LogP contribution in [0.2, 0.25) is 0 Å². The van der Waals surface area contributed by atoms with Crippen molar-refractivity contribution in [1.29, 1.82) is 0 Å². The van der Waals surface area contributed by atoms with E-state index in [9.17, 15) is 14.4 Å². The number of hydrogen-bond donors (Lipinski definition) is 1. The number of carbonyl (C=O) groups excluding carboxylic acids is 3. The summed E-state index contributed by atoms with van der Waals surface area (Å²) in [5.74, 6) is -1.26. The molecule has 3 rings (SSSR count). The fourth-order valence-electron chi connectivity index (χ4n) is 3.43. The van der Waals surface area contributed by atoms with Gasteiger partial charge in [0.1, 0.15) is 11.7 Å². The highest BCUT2D eigenvalue weighted by Gasteiger charge is 2.38. The molecule has 0 saturated carbocycles. The average Bonchev–Trinajstić information content (AvgIpc) is 3.18. The Morgan fingerprint density at radius 1 is 1.32 bits per heavy atom. The molecule has 8 nitrogen and oxygen atoms in total. The zero-order valence-electron chi connectivity index (χ0n) is 14.5. The molecule has 2 aliphatic rings. The van der Waals surface area contributed by atoms with Crippen molar-refractivity contribution in [1.82, 2.24) is 9.47 Å². The van der Waals surface area contributed by atoms with Crippen molar-refractivity contribution in [3.05, 3.63) is 23.0 Å². The molecule has 3 heterocycles. The number of hydrogen-bond acceptors (Lipinski definition) is 5. The fraction of sp³-hybridized carbons (Fsp3) is 0.588. The highest BCUT2D eigenvalue weighted by Crippen LogP contribution is 2.26. The Morgan fingerprint density at radius 3 is 2.76 bits per heavy atom. The number of amides is 2. The molecule has 1 aromatic rings. The lowest BCUT2D eigenvalue weighted by atomic mass is 10.2. The van der Waals surface area contributed by atoms with E-state index in [2.05, 4.69) is 0 Å². The average molecular weight is 349 g/mol. The molecule has 8 heteroatoms. The Bertz CT molecular complexity index is 709. The van der Waals surface area contributed by atoms with Gasteiger partial charge in [-0.1, -0.05) is 0 Å². The summed E-state index contributed by atoms with van der Waals surface area (Å²) in [6.45, 7) is 5.21. The first kappa shape index (κ1) is 17.5. The highest BCUT2D eigenvalue weighted by molar-refractivity contribution is 6.01. The molecule has 1 fully saturated rings. The second-order valence-corrected chi connectivity index (χ2v) is 6.60. The van der Waals surface area contributed by atoms with E-state index in [0.717, 1.165) is 6.42 Å². The fourth-order valence-corrected chi connectivity index (χ4v) is 3.43. The third kappa shape index (κ3) is 3.26. The van der Waals surface area contributed by atoms with Gasteiger partial charge >= 0.3 is 5.97 Å². The molecule has 2 amide bonds. The molecular formula is C17H23N3O5. The maximum Gasteiger partial charge on any atom is 0.329 e. The lowest BCUT2D eigenvalue weighted by Gasteiger charge is -2.25. The van der Waals surface area contributed by atoms with Crippen LogP contribution in [0.15, 0.2) is 6.07 Å². The Balaban J connectivity index is 1.90. The minimum absolute atomic E-state index is 0.232. The van der Waals surface area contributed by atoms with E-state index in [-0.39, 0.29) is 24.6 Å². The number of carbonyl (C=O) groups is 3. The highest BCUT2D eigenvalue weighted by atomic mass is 16.5. The zero-order valence-corrected chi connectivity index (χ0v) is 14.5. The number of likely N-dealkylation sites (tertiary alicyclic amines) is 1. The summed E-state index contributed by atoms with van der Waals surface area (Å²) < 4.78 is 12.4. The smallest absolute Gasteiger partial charge is 0.329 e. The van der Waals surface area contributed by atoms with E-state index < -0.39 is 11.9 Å². The van der Waals surface area contributed by atoms with Crippen LogP contribution in [0.25, 0.3) is 0 Å². The van der Waals surface area contributed by atoms with Crippen molar-refractivity contribution in [3.8, 4) is 0 Å². The predicted octanol–water partition coefficient (Wildman–Crippen LogP) is 0.673. The first-order chi connectivity index (χ1) is 11.9. The Morgan fingerprint density at radius 2 is 2.08 bits per heavy atom. The third-order valence-corrected chi connectivity index (χ3v) is 4.53. The standard InChI is InChI=1S/C17H23N3O5/c1-10(2)25-17(23)12-4-3-5-20(12)16(22)13-8-11(15(18)21)14-9-24-7-6-19(13)14/h8,10,12H,3-7,9H2,1-2H3,(H2,18,21). The van der Waals surface area contributed by atoms with Crippen molar-refractivity contribution in [2.45, 2.75) is 52.0 Å². The number of fused-ring (bicyclic) bond motifs is 1. The molecule has 2 aliphatic heterocycles. The van der Waals surface area contributed by atoms with E-state index in [0.29, 0.717) is 43.1 Å². The minimum Gasteiger partial charge on any atom is -0.461 e. The summed E-state index contributed by atoms with van der Waals surface area (Å²) in [5, 5.41) is 0. The number of rotatable bonds is 4. The van der Waals surface area contributed by atoms with Gasteiger partial charge in [-0.05, 0) is 32.8 Å². The van der Waals surface area contributed by atoms with Gasteiger partial charge in [0, 0.05) is 13.1 Å². The molecule has 0 bridgehead atoms. The summed E-state index contributed by atoms with van der Waals surface area (Å²) in [5.41, 5.74) is 6.71. The van der Waals surface area contributed by atoms with Gasteiger partial charge in [0.2, 0.25) is 0 Å². The van der Waals surface area contributed by atoms with Gasteiger partial charge in [0.25, 0.3) is 11.8 Å². The normalized spacial score (nSPS) is 19.8. The maximum absolute atomic E-state index is 13.1. The molecule has 0 radical (unpaired) electrons. The Labute approximate surface area is 145 Å². The monoisotopic (exact) mass is 349 g/mol. The van der Waals surface area contributed by atoms with Crippen molar-refractivity contribution in [2.24, 2.45) is 5.73 Å². The van der Waals surface area contributed by atoms with E-state index >= 15 is 0 Å². The van der Waals surface area contributed by atoms with Gasteiger partial charge in [0.15, 0.2) is 0 Å². The van der Waals surface area contributed by atoms with Crippen LogP contribution in [0.1, 0.15) is 53.2 Å². The number of nitrogens with two attached hydrogens (primary N) is 1. The summed E-state index contributed by atoms with van der Waals surface area (Å²) in [7, 11) is 0. The number of aromatic nitrogens is 1. The molecule has 1 aromatic heterocycles. The summed E-state index contributed by atoms with van der Waals surface area (Å²) >= 11 is 0. The summed E-state index contributed by atoms with van der Waals surface area (Å²) in [4.78, 5) is 38.6. The molecule has 0 aliphatic carbocycles. The molecule has 0 spiro atoms.